The van der Waals surface area contributed by atoms with Gasteiger partial charge in [0.1, 0.15) is 36.9 Å². The summed E-state index contributed by atoms with van der Waals surface area (Å²) in [4.78, 5) is 18.0. The number of nitrogens with one attached hydrogen (secondary N) is 1. The summed E-state index contributed by atoms with van der Waals surface area (Å²) in [6.45, 7) is 2.50. The third kappa shape index (κ3) is 9.78. The highest BCUT2D eigenvalue weighted by atomic mass is 79.9. The number of carboxylic acid groups (broad SMARTS) is 1. The average molecular weight is 889 g/mol. The second kappa shape index (κ2) is 16.3. The Labute approximate surface area is 310 Å². The maximum absolute atomic E-state index is 13.6. The lowest BCUT2D eigenvalue weighted by Gasteiger charge is -2.34. The van der Waals surface area contributed by atoms with E-state index in [1.165, 1.54) is 12.3 Å². The maximum atomic E-state index is 13.6. The van der Waals surface area contributed by atoms with Crippen molar-refractivity contribution in [3.63, 3.8) is 0 Å². The number of hydrogen-bond acceptors (Lipinski definition) is 8. The molecule has 4 heterocycles. The SMILES string of the molecule is O=C(O)[C@H](Cc1cc(F)cc(F)c1)NS(=O)(=O)c1cnc(N2CCC(CCCC3CCN(S(=O)(=O)c4cc(Br)c(Cl)s4)CC3)CC2)c(Br)c1. The zero-order chi connectivity index (χ0) is 35.5. The lowest BCUT2D eigenvalue weighted by Crippen LogP contribution is -2.42. The van der Waals surface area contributed by atoms with Gasteiger partial charge < -0.3 is 10.0 Å². The molecule has 0 amide bonds. The van der Waals surface area contributed by atoms with Crippen LogP contribution in [-0.4, -0.2) is 69.4 Å². The predicted molar refractivity (Wildman–Crippen MR) is 191 cm³/mol. The largest absolute Gasteiger partial charge is 0.480 e. The van der Waals surface area contributed by atoms with Gasteiger partial charge in [-0.25, -0.2) is 30.6 Å². The molecule has 2 saturated heterocycles. The number of aliphatic carboxylic acids is 1. The fraction of sp³-hybridized carbons (Fsp3) is 0.484. The normalized spacial score (nSPS) is 17.8. The molecule has 2 aliphatic heterocycles. The Kier molecular flexibility index (Phi) is 12.8. The summed E-state index contributed by atoms with van der Waals surface area (Å²) in [5.41, 5.74) is -0.00536. The number of nitrogens with zero attached hydrogens (tertiary/aromatic N) is 3. The van der Waals surface area contributed by atoms with Crippen molar-refractivity contribution in [3.8, 4) is 0 Å². The molecule has 0 radical (unpaired) electrons. The number of carbonyl (C=O) groups is 1. The van der Waals surface area contributed by atoms with Crippen molar-refractivity contribution < 1.29 is 35.5 Å². The Morgan fingerprint density at radius 3 is 2.08 bits per heavy atom. The van der Waals surface area contributed by atoms with Crippen molar-refractivity contribution in [1.82, 2.24) is 14.0 Å². The number of thiophene rings is 1. The van der Waals surface area contributed by atoms with E-state index >= 15 is 0 Å². The molecule has 2 aliphatic rings. The van der Waals surface area contributed by atoms with E-state index < -0.39 is 50.1 Å². The van der Waals surface area contributed by atoms with Gasteiger partial charge in [0.15, 0.2) is 0 Å². The minimum Gasteiger partial charge on any atom is -0.480 e. The van der Waals surface area contributed by atoms with E-state index in [-0.39, 0.29) is 14.7 Å². The van der Waals surface area contributed by atoms with E-state index in [2.05, 4.69) is 46.5 Å². The molecular weight excluding hydrogens is 854 g/mol. The van der Waals surface area contributed by atoms with Crippen molar-refractivity contribution in [3.05, 3.63) is 67.0 Å². The summed E-state index contributed by atoms with van der Waals surface area (Å²) in [6, 6.07) is 3.82. The Morgan fingerprint density at radius 1 is 0.959 bits per heavy atom. The molecule has 268 valence electrons. The zero-order valence-corrected chi connectivity index (χ0v) is 32.5. The van der Waals surface area contributed by atoms with Crippen molar-refractivity contribution in [2.45, 2.75) is 66.5 Å². The molecule has 2 aromatic heterocycles. The molecule has 3 aromatic rings. The molecular formula is C31H35Br2ClF2N4O6S3. The van der Waals surface area contributed by atoms with E-state index in [1.54, 1.807) is 10.4 Å². The van der Waals surface area contributed by atoms with Crippen LogP contribution in [0.2, 0.25) is 4.34 Å². The molecule has 1 atom stereocenters. The van der Waals surface area contributed by atoms with Crippen LogP contribution in [0.15, 0.2) is 54.6 Å². The van der Waals surface area contributed by atoms with Gasteiger partial charge in [-0.3, -0.25) is 4.79 Å². The first-order chi connectivity index (χ1) is 23.1. The van der Waals surface area contributed by atoms with Crippen LogP contribution in [0.1, 0.15) is 50.5 Å². The van der Waals surface area contributed by atoms with Crippen LogP contribution >= 0.6 is 54.8 Å². The minimum atomic E-state index is -4.34. The van der Waals surface area contributed by atoms with Crippen molar-refractivity contribution >= 4 is 86.6 Å². The first-order valence-electron chi connectivity index (χ1n) is 15.7. The fourth-order valence-electron chi connectivity index (χ4n) is 6.34. The average Bonchev–Trinajstić information content (AvgIpc) is 3.39. The fourth-order valence-corrected chi connectivity index (χ4v) is 12.2. The molecule has 0 unspecified atom stereocenters. The molecule has 18 heteroatoms. The molecule has 0 saturated carbocycles. The van der Waals surface area contributed by atoms with Gasteiger partial charge in [-0.2, -0.15) is 9.03 Å². The number of benzene rings is 1. The van der Waals surface area contributed by atoms with E-state index in [9.17, 15) is 35.5 Å². The summed E-state index contributed by atoms with van der Waals surface area (Å²) in [6.07, 6.45) is 7.49. The first kappa shape index (κ1) is 38.5. The molecule has 10 nitrogen and oxygen atoms in total. The predicted octanol–water partition coefficient (Wildman–Crippen LogP) is 7.06. The Hall–Kier alpha value is -1.73. The van der Waals surface area contributed by atoms with Gasteiger partial charge in [0, 0.05) is 42.9 Å². The van der Waals surface area contributed by atoms with Crippen LogP contribution in [0, 0.1) is 23.5 Å². The number of sulfonamides is 2. The minimum absolute atomic E-state index is 0.00536. The molecule has 0 spiro atoms. The standard InChI is InChI=1S/C31H35Br2ClF2N4O6S3/c32-25-17-28(47-29(25)34)49(45,46)40-10-6-20(7-11-40)3-1-2-19-4-8-39(9-5-19)30-26(33)16-24(18-37-30)48(43,44)38-27(31(41)42)14-21-12-22(35)15-23(36)13-21/h12-13,15-20,27,38H,1-11,14H2,(H,41,42)/t27-/m0/s1. The lowest BCUT2D eigenvalue weighted by atomic mass is 9.87. The zero-order valence-electron chi connectivity index (χ0n) is 26.1. The summed E-state index contributed by atoms with van der Waals surface area (Å²) in [7, 11) is -7.87. The highest BCUT2D eigenvalue weighted by molar-refractivity contribution is 9.11. The summed E-state index contributed by atoms with van der Waals surface area (Å²) >= 11 is 13.8. The molecule has 0 aliphatic carbocycles. The van der Waals surface area contributed by atoms with Gasteiger partial charge in [-0.1, -0.05) is 30.9 Å². The summed E-state index contributed by atoms with van der Waals surface area (Å²) in [5.74, 6) is -1.67. The Morgan fingerprint density at radius 2 is 1.55 bits per heavy atom. The van der Waals surface area contributed by atoms with Crippen LogP contribution in [0.25, 0.3) is 0 Å². The number of carboxylic acids is 1. The van der Waals surface area contributed by atoms with Crippen LogP contribution in [0.3, 0.4) is 0 Å². The summed E-state index contributed by atoms with van der Waals surface area (Å²) in [5, 5.41) is 9.60. The van der Waals surface area contributed by atoms with Gasteiger partial charge in [0.05, 0.1) is 4.47 Å². The number of anilines is 1. The Balaban J connectivity index is 1.07. The van der Waals surface area contributed by atoms with Crippen molar-refractivity contribution in [2.75, 3.05) is 31.1 Å². The monoisotopic (exact) mass is 886 g/mol. The second-order valence-corrected chi connectivity index (χ2v) is 19.6. The van der Waals surface area contributed by atoms with E-state index in [0.717, 1.165) is 81.5 Å². The summed E-state index contributed by atoms with van der Waals surface area (Å²) < 4.78 is 84.7. The number of hydrogen-bond donors (Lipinski definition) is 2. The third-order valence-corrected chi connectivity index (χ3v) is 15.8. The van der Waals surface area contributed by atoms with Crippen LogP contribution in [0.5, 0.6) is 0 Å². The topological polar surface area (TPSA) is 137 Å². The lowest BCUT2D eigenvalue weighted by molar-refractivity contribution is -0.138. The quantitative estimate of drug-likeness (QED) is 0.186. The molecule has 2 N–H and O–H groups in total. The number of pyridine rings is 1. The molecule has 49 heavy (non-hydrogen) atoms. The second-order valence-electron chi connectivity index (χ2n) is 12.4. The third-order valence-electron chi connectivity index (χ3n) is 8.99. The first-order valence-corrected chi connectivity index (χ1v) is 21.4. The van der Waals surface area contributed by atoms with Gasteiger partial charge in [0.2, 0.25) is 10.0 Å². The smallest absolute Gasteiger partial charge is 0.322 e. The van der Waals surface area contributed by atoms with Crippen LogP contribution in [-0.2, 0) is 31.3 Å². The van der Waals surface area contributed by atoms with E-state index in [4.69, 9.17) is 11.6 Å². The molecule has 1 aromatic carbocycles. The van der Waals surface area contributed by atoms with Crippen molar-refractivity contribution in [1.29, 1.82) is 0 Å². The Bertz CT molecular complexity index is 1850. The number of rotatable bonds is 13. The van der Waals surface area contributed by atoms with E-state index in [1.807, 2.05) is 0 Å². The number of halogens is 5. The molecule has 5 rings (SSSR count). The number of aromatic nitrogens is 1. The highest BCUT2D eigenvalue weighted by Crippen LogP contribution is 2.37. The number of piperidine rings is 2. The van der Waals surface area contributed by atoms with Gasteiger partial charge in [-0.05, 0) is 106 Å². The molecule has 2 fully saturated rings. The molecule has 0 bridgehead atoms. The van der Waals surface area contributed by atoms with Crippen molar-refractivity contribution in [2.24, 2.45) is 11.8 Å². The van der Waals surface area contributed by atoms with Crippen LogP contribution in [0.4, 0.5) is 14.6 Å². The van der Waals surface area contributed by atoms with Gasteiger partial charge in [-0.15, -0.1) is 11.3 Å². The van der Waals surface area contributed by atoms with E-state index in [0.29, 0.717) is 50.1 Å². The van der Waals surface area contributed by atoms with Gasteiger partial charge in [0.25, 0.3) is 10.0 Å². The maximum Gasteiger partial charge on any atom is 0.322 e. The van der Waals surface area contributed by atoms with Gasteiger partial charge >= 0.3 is 5.97 Å². The highest BCUT2D eigenvalue weighted by Gasteiger charge is 2.32. The van der Waals surface area contributed by atoms with Crippen LogP contribution < -0.4 is 9.62 Å².